The molecule has 0 fully saturated rings. The van der Waals surface area contributed by atoms with Gasteiger partial charge in [0.05, 0.1) is 18.5 Å². The van der Waals surface area contributed by atoms with E-state index < -0.39 is 0 Å². The second-order valence-corrected chi connectivity index (χ2v) is 1.77. The second kappa shape index (κ2) is 2.09. The van der Waals surface area contributed by atoms with E-state index >= 15 is 0 Å². The van der Waals surface area contributed by atoms with Crippen molar-refractivity contribution in [1.82, 2.24) is 0 Å². The van der Waals surface area contributed by atoms with Crippen LogP contribution in [0.2, 0.25) is 0 Å². The molecule has 4 heteroatoms. The summed E-state index contributed by atoms with van der Waals surface area (Å²) in [5.41, 5.74) is 5.41. The number of hydrogen-bond donors (Lipinski definition) is 1. The smallest absolute Gasteiger partial charge is 0.528 e. The molecule has 1 aliphatic rings. The van der Waals surface area contributed by atoms with E-state index in [4.69, 9.17) is 15.0 Å². The summed E-state index contributed by atoms with van der Waals surface area (Å²) in [5.74, 6) is -0.0648. The first-order valence-corrected chi connectivity index (χ1v) is 2.52. The lowest BCUT2D eigenvalue weighted by molar-refractivity contribution is 0.391. The minimum Gasteiger partial charge on any atom is -0.528 e. The molecule has 0 saturated heterocycles. The lowest BCUT2D eigenvalue weighted by atomic mass is 9.81. The zero-order valence-electron chi connectivity index (χ0n) is 4.70. The standard InChI is InChI=1S/C4H8BNO2/c1-4(6)5-7-2-3-8-5/h2-4H,6H2,1H3. The summed E-state index contributed by atoms with van der Waals surface area (Å²) in [6.45, 7) is 1.83. The lowest BCUT2D eigenvalue weighted by Crippen LogP contribution is -2.37. The molecule has 2 N–H and O–H groups in total. The highest BCUT2D eigenvalue weighted by molar-refractivity contribution is 6.47. The highest BCUT2D eigenvalue weighted by Crippen LogP contribution is 2.02. The van der Waals surface area contributed by atoms with Crippen LogP contribution >= 0.6 is 0 Å². The fraction of sp³-hybridized carbons (Fsp3) is 0.500. The van der Waals surface area contributed by atoms with E-state index in [0.29, 0.717) is 0 Å². The van der Waals surface area contributed by atoms with E-state index in [-0.39, 0.29) is 13.1 Å². The van der Waals surface area contributed by atoms with Gasteiger partial charge in [-0.1, -0.05) is 0 Å². The highest BCUT2D eigenvalue weighted by Gasteiger charge is 2.28. The van der Waals surface area contributed by atoms with Crippen LogP contribution in [0.15, 0.2) is 12.5 Å². The van der Waals surface area contributed by atoms with Gasteiger partial charge >= 0.3 is 7.12 Å². The SMILES string of the molecule is CC(N)B1OC=CO1. The lowest BCUT2D eigenvalue weighted by Gasteiger charge is -2.05. The average molecular weight is 113 g/mol. The quantitative estimate of drug-likeness (QED) is 0.482. The molecule has 8 heavy (non-hydrogen) atoms. The predicted octanol–water partition coefficient (Wildman–Crippen LogP) is -0.121. The van der Waals surface area contributed by atoms with Gasteiger partial charge in [-0.3, -0.25) is 0 Å². The van der Waals surface area contributed by atoms with E-state index in [9.17, 15) is 0 Å². The van der Waals surface area contributed by atoms with Crippen LogP contribution in [0.5, 0.6) is 0 Å². The Morgan fingerprint density at radius 1 is 1.50 bits per heavy atom. The third-order valence-corrected chi connectivity index (χ3v) is 0.910. The topological polar surface area (TPSA) is 44.5 Å². The van der Waals surface area contributed by atoms with E-state index in [0.717, 1.165) is 0 Å². The Morgan fingerprint density at radius 2 is 2.00 bits per heavy atom. The van der Waals surface area contributed by atoms with Gasteiger partial charge in [-0.2, -0.15) is 0 Å². The highest BCUT2D eigenvalue weighted by atomic mass is 16.6. The molecular formula is C4H8BNO2. The molecule has 44 valence electrons. The minimum atomic E-state index is -0.269. The summed E-state index contributed by atoms with van der Waals surface area (Å²) in [6, 6.07) is 0. The van der Waals surface area contributed by atoms with Crippen molar-refractivity contribution in [2.75, 3.05) is 0 Å². The largest absolute Gasteiger partial charge is 0.611 e. The minimum absolute atomic E-state index is 0.0648. The van der Waals surface area contributed by atoms with Gasteiger partial charge in [-0.15, -0.1) is 0 Å². The van der Waals surface area contributed by atoms with Crippen LogP contribution in [0, 0.1) is 0 Å². The molecule has 1 aliphatic heterocycles. The third-order valence-electron chi connectivity index (χ3n) is 0.910. The van der Waals surface area contributed by atoms with Crippen molar-refractivity contribution >= 4 is 7.12 Å². The van der Waals surface area contributed by atoms with Gasteiger partial charge in [-0.25, -0.2) is 0 Å². The maximum absolute atomic E-state index is 5.41. The zero-order valence-corrected chi connectivity index (χ0v) is 4.70. The molecule has 0 aromatic heterocycles. The van der Waals surface area contributed by atoms with Crippen molar-refractivity contribution in [3.05, 3.63) is 12.5 Å². The van der Waals surface area contributed by atoms with E-state index in [1.165, 1.54) is 12.5 Å². The Hall–Kier alpha value is -0.635. The molecule has 3 nitrogen and oxygen atoms in total. The second-order valence-electron chi connectivity index (χ2n) is 1.77. The Morgan fingerprint density at radius 3 is 2.25 bits per heavy atom. The van der Waals surface area contributed by atoms with Gasteiger partial charge < -0.3 is 15.0 Å². The van der Waals surface area contributed by atoms with Crippen LogP contribution in [0.25, 0.3) is 0 Å². The van der Waals surface area contributed by atoms with E-state index in [1.807, 2.05) is 6.92 Å². The molecule has 0 radical (unpaired) electrons. The molecule has 0 amide bonds. The summed E-state index contributed by atoms with van der Waals surface area (Å²) < 4.78 is 9.77. The van der Waals surface area contributed by atoms with Gasteiger partial charge in [0.1, 0.15) is 0 Å². The van der Waals surface area contributed by atoms with Crippen molar-refractivity contribution in [2.45, 2.75) is 12.9 Å². The fourth-order valence-electron chi connectivity index (χ4n) is 0.499. The Kier molecular flexibility index (Phi) is 1.44. The average Bonchev–Trinajstić information content (AvgIpc) is 2.12. The van der Waals surface area contributed by atoms with E-state index in [2.05, 4.69) is 0 Å². The number of hydrogen-bond acceptors (Lipinski definition) is 3. The third kappa shape index (κ3) is 0.951. The summed E-state index contributed by atoms with van der Waals surface area (Å²) in [5, 5.41) is 0. The summed E-state index contributed by atoms with van der Waals surface area (Å²) >= 11 is 0. The Bertz CT molecular complexity index is 96.2. The molecule has 1 heterocycles. The van der Waals surface area contributed by atoms with Gasteiger partial charge in [0.25, 0.3) is 0 Å². The molecule has 0 spiro atoms. The van der Waals surface area contributed by atoms with Crippen molar-refractivity contribution in [3.8, 4) is 0 Å². The molecule has 1 rings (SSSR count). The predicted molar refractivity (Wildman–Crippen MR) is 30.7 cm³/mol. The normalized spacial score (nSPS) is 20.0. The van der Waals surface area contributed by atoms with Crippen LogP contribution in [-0.2, 0) is 9.31 Å². The first-order valence-electron chi connectivity index (χ1n) is 2.52. The maximum Gasteiger partial charge on any atom is 0.611 e. The van der Waals surface area contributed by atoms with Gasteiger partial charge in [-0.05, 0) is 6.92 Å². The zero-order chi connectivity index (χ0) is 5.98. The van der Waals surface area contributed by atoms with Crippen LogP contribution in [0.4, 0.5) is 0 Å². The summed E-state index contributed by atoms with van der Waals surface area (Å²) in [4.78, 5) is 0. The van der Waals surface area contributed by atoms with Crippen molar-refractivity contribution < 1.29 is 9.31 Å². The number of rotatable bonds is 1. The summed E-state index contributed by atoms with van der Waals surface area (Å²) in [6.07, 6.45) is 2.99. The van der Waals surface area contributed by atoms with E-state index in [1.54, 1.807) is 0 Å². The van der Waals surface area contributed by atoms with Gasteiger partial charge in [0.2, 0.25) is 0 Å². The van der Waals surface area contributed by atoms with Crippen LogP contribution in [-0.4, -0.2) is 13.1 Å². The first kappa shape index (κ1) is 5.50. The molecule has 0 aromatic rings. The molecule has 0 aliphatic carbocycles. The number of nitrogens with two attached hydrogens (primary N) is 1. The molecule has 1 unspecified atom stereocenters. The Labute approximate surface area is 48.6 Å². The Balaban J connectivity index is 2.29. The van der Waals surface area contributed by atoms with Crippen molar-refractivity contribution in [3.63, 3.8) is 0 Å². The fourth-order valence-corrected chi connectivity index (χ4v) is 0.499. The van der Waals surface area contributed by atoms with Crippen molar-refractivity contribution in [2.24, 2.45) is 5.73 Å². The molecule has 0 bridgehead atoms. The molecule has 1 atom stereocenters. The molecular weight excluding hydrogens is 105 g/mol. The van der Waals surface area contributed by atoms with Crippen LogP contribution < -0.4 is 5.73 Å². The van der Waals surface area contributed by atoms with Crippen LogP contribution in [0.1, 0.15) is 6.92 Å². The monoisotopic (exact) mass is 113 g/mol. The maximum atomic E-state index is 5.41. The van der Waals surface area contributed by atoms with Crippen LogP contribution in [0.3, 0.4) is 0 Å². The molecule has 0 saturated carbocycles. The summed E-state index contributed by atoms with van der Waals surface area (Å²) in [7, 11) is -0.269. The first-order chi connectivity index (χ1) is 3.80. The van der Waals surface area contributed by atoms with Crippen molar-refractivity contribution in [1.29, 1.82) is 0 Å². The van der Waals surface area contributed by atoms with Gasteiger partial charge in [0, 0.05) is 0 Å². The molecule has 0 aromatic carbocycles. The van der Waals surface area contributed by atoms with Gasteiger partial charge in [0.15, 0.2) is 0 Å².